The summed E-state index contributed by atoms with van der Waals surface area (Å²) < 4.78 is 0. The third-order valence-corrected chi connectivity index (χ3v) is 3.20. The summed E-state index contributed by atoms with van der Waals surface area (Å²) in [6.07, 6.45) is 8.64. The Labute approximate surface area is 92.3 Å². The number of aliphatic carboxylic acids is 1. The highest BCUT2D eigenvalue weighted by Gasteiger charge is 2.29. The van der Waals surface area contributed by atoms with E-state index in [0.717, 1.165) is 12.8 Å². The summed E-state index contributed by atoms with van der Waals surface area (Å²) in [4.78, 5) is 11.0. The summed E-state index contributed by atoms with van der Waals surface area (Å²) >= 11 is 0. The number of hydrogen-bond acceptors (Lipinski definition) is 2. The van der Waals surface area contributed by atoms with Gasteiger partial charge in [0.05, 0.1) is 0 Å². The van der Waals surface area contributed by atoms with E-state index in [9.17, 15) is 4.79 Å². The quantitative estimate of drug-likeness (QED) is 0.757. The molecule has 3 nitrogen and oxygen atoms in total. The second kappa shape index (κ2) is 5.50. The van der Waals surface area contributed by atoms with Crippen LogP contribution in [-0.4, -0.2) is 22.7 Å². The van der Waals surface area contributed by atoms with Crippen molar-refractivity contribution in [3.8, 4) is 0 Å². The summed E-state index contributed by atoms with van der Waals surface area (Å²) in [7, 11) is 0. The molecule has 0 saturated heterocycles. The Balaban J connectivity index is 2.44. The molecule has 0 aromatic heterocycles. The summed E-state index contributed by atoms with van der Waals surface area (Å²) in [5.74, 6) is -0.760. The van der Waals surface area contributed by atoms with Gasteiger partial charge < -0.3 is 5.11 Å². The lowest BCUT2D eigenvalue weighted by atomic mass is 9.94. The van der Waals surface area contributed by atoms with Gasteiger partial charge in [-0.1, -0.05) is 32.1 Å². The molecular formula is C12H23NO2. The third-order valence-electron chi connectivity index (χ3n) is 3.20. The van der Waals surface area contributed by atoms with Crippen molar-refractivity contribution in [1.29, 1.82) is 0 Å². The highest BCUT2D eigenvalue weighted by Crippen LogP contribution is 2.19. The van der Waals surface area contributed by atoms with E-state index in [1.54, 1.807) is 13.8 Å². The number of rotatable bonds is 3. The van der Waals surface area contributed by atoms with Crippen LogP contribution in [0.4, 0.5) is 0 Å². The normalized spacial score (nSPS) is 20.7. The summed E-state index contributed by atoms with van der Waals surface area (Å²) in [6, 6.07) is 0.386. The molecular weight excluding hydrogens is 190 g/mol. The van der Waals surface area contributed by atoms with Crippen molar-refractivity contribution < 1.29 is 9.90 Å². The molecule has 0 atom stereocenters. The van der Waals surface area contributed by atoms with Crippen LogP contribution in [-0.2, 0) is 4.79 Å². The highest BCUT2D eigenvalue weighted by atomic mass is 16.4. The average molecular weight is 213 g/mol. The lowest BCUT2D eigenvalue weighted by Gasteiger charge is -2.29. The zero-order valence-electron chi connectivity index (χ0n) is 9.88. The Morgan fingerprint density at radius 1 is 1.13 bits per heavy atom. The van der Waals surface area contributed by atoms with Crippen molar-refractivity contribution in [2.45, 2.75) is 70.4 Å². The molecule has 1 rings (SSSR count). The standard InChI is InChI=1S/C12H23NO2/c1-12(2,11(14)15)13-10-8-6-4-3-5-7-9-10/h10,13H,3-9H2,1-2H3,(H,14,15). The number of nitrogens with one attached hydrogen (secondary N) is 1. The number of carbonyl (C=O) groups is 1. The molecule has 0 radical (unpaired) electrons. The van der Waals surface area contributed by atoms with E-state index in [1.807, 2.05) is 0 Å². The van der Waals surface area contributed by atoms with Crippen LogP contribution in [0.3, 0.4) is 0 Å². The van der Waals surface area contributed by atoms with Crippen LogP contribution in [0.1, 0.15) is 58.8 Å². The molecule has 1 saturated carbocycles. The fourth-order valence-electron chi connectivity index (χ4n) is 2.17. The first kappa shape index (κ1) is 12.5. The summed E-state index contributed by atoms with van der Waals surface area (Å²) in [6.45, 7) is 3.49. The Morgan fingerprint density at radius 2 is 1.60 bits per heavy atom. The number of carboxylic acids is 1. The first-order valence-electron chi connectivity index (χ1n) is 6.03. The molecule has 0 unspecified atom stereocenters. The van der Waals surface area contributed by atoms with Gasteiger partial charge in [-0.25, -0.2) is 0 Å². The maximum atomic E-state index is 11.0. The summed E-state index contributed by atoms with van der Waals surface area (Å²) in [5.41, 5.74) is -0.788. The van der Waals surface area contributed by atoms with Crippen LogP contribution in [0.2, 0.25) is 0 Å². The van der Waals surface area contributed by atoms with E-state index >= 15 is 0 Å². The zero-order valence-corrected chi connectivity index (χ0v) is 9.88. The Bertz CT molecular complexity index is 206. The predicted molar refractivity (Wildman–Crippen MR) is 61.0 cm³/mol. The molecule has 0 aromatic rings. The fourth-order valence-corrected chi connectivity index (χ4v) is 2.17. The van der Waals surface area contributed by atoms with E-state index in [0.29, 0.717) is 6.04 Å². The molecule has 0 aromatic carbocycles. The van der Waals surface area contributed by atoms with Crippen molar-refractivity contribution in [2.24, 2.45) is 0 Å². The van der Waals surface area contributed by atoms with Crippen molar-refractivity contribution in [3.05, 3.63) is 0 Å². The minimum Gasteiger partial charge on any atom is -0.480 e. The van der Waals surface area contributed by atoms with Gasteiger partial charge >= 0.3 is 5.97 Å². The number of carboxylic acid groups (broad SMARTS) is 1. The molecule has 3 heteroatoms. The van der Waals surface area contributed by atoms with Crippen molar-refractivity contribution in [1.82, 2.24) is 5.32 Å². The molecule has 0 amide bonds. The van der Waals surface area contributed by atoms with E-state index in [4.69, 9.17) is 5.11 Å². The van der Waals surface area contributed by atoms with Gasteiger partial charge in [0.1, 0.15) is 5.54 Å². The van der Waals surface area contributed by atoms with Gasteiger partial charge in [-0.05, 0) is 26.7 Å². The van der Waals surface area contributed by atoms with Crippen molar-refractivity contribution in [2.75, 3.05) is 0 Å². The molecule has 1 aliphatic rings. The zero-order chi connectivity index (χ0) is 11.3. The molecule has 0 spiro atoms. The van der Waals surface area contributed by atoms with Crippen LogP contribution in [0.15, 0.2) is 0 Å². The average Bonchev–Trinajstić information content (AvgIpc) is 2.09. The van der Waals surface area contributed by atoms with Gasteiger partial charge in [-0.2, -0.15) is 0 Å². The second-order valence-electron chi connectivity index (χ2n) is 5.12. The first-order chi connectivity index (χ1) is 7.02. The molecule has 0 heterocycles. The third kappa shape index (κ3) is 4.20. The van der Waals surface area contributed by atoms with Crippen molar-refractivity contribution in [3.63, 3.8) is 0 Å². The maximum Gasteiger partial charge on any atom is 0.323 e. The van der Waals surface area contributed by atoms with E-state index in [1.165, 1.54) is 32.1 Å². The first-order valence-corrected chi connectivity index (χ1v) is 6.03. The van der Waals surface area contributed by atoms with Crippen LogP contribution >= 0.6 is 0 Å². The predicted octanol–water partition coefficient (Wildman–Crippen LogP) is 2.55. The summed E-state index contributed by atoms with van der Waals surface area (Å²) in [5, 5.41) is 12.3. The van der Waals surface area contributed by atoms with Crippen LogP contribution in [0.25, 0.3) is 0 Å². The molecule has 0 aliphatic heterocycles. The van der Waals surface area contributed by atoms with Gasteiger partial charge in [-0.3, -0.25) is 10.1 Å². The van der Waals surface area contributed by atoms with Gasteiger partial charge in [0.25, 0.3) is 0 Å². The lowest BCUT2D eigenvalue weighted by molar-refractivity contribution is -0.143. The molecule has 0 bridgehead atoms. The molecule has 88 valence electrons. The highest BCUT2D eigenvalue weighted by molar-refractivity contribution is 5.77. The number of hydrogen-bond donors (Lipinski definition) is 2. The second-order valence-corrected chi connectivity index (χ2v) is 5.12. The fraction of sp³-hybridized carbons (Fsp3) is 0.917. The van der Waals surface area contributed by atoms with E-state index < -0.39 is 11.5 Å². The molecule has 2 N–H and O–H groups in total. The van der Waals surface area contributed by atoms with Crippen LogP contribution in [0.5, 0.6) is 0 Å². The van der Waals surface area contributed by atoms with E-state index in [-0.39, 0.29) is 0 Å². The molecule has 1 fully saturated rings. The molecule has 15 heavy (non-hydrogen) atoms. The van der Waals surface area contributed by atoms with Crippen LogP contribution < -0.4 is 5.32 Å². The Kier molecular flexibility index (Phi) is 4.58. The smallest absolute Gasteiger partial charge is 0.323 e. The largest absolute Gasteiger partial charge is 0.480 e. The lowest BCUT2D eigenvalue weighted by Crippen LogP contribution is -2.51. The Hall–Kier alpha value is -0.570. The SMILES string of the molecule is CC(C)(NC1CCCCCCC1)C(=O)O. The van der Waals surface area contributed by atoms with Gasteiger partial charge in [0, 0.05) is 6.04 Å². The van der Waals surface area contributed by atoms with Crippen LogP contribution in [0, 0.1) is 0 Å². The minimum atomic E-state index is -0.788. The van der Waals surface area contributed by atoms with Gasteiger partial charge in [0.2, 0.25) is 0 Å². The van der Waals surface area contributed by atoms with Crippen molar-refractivity contribution >= 4 is 5.97 Å². The monoisotopic (exact) mass is 213 g/mol. The topological polar surface area (TPSA) is 49.3 Å². The maximum absolute atomic E-state index is 11.0. The minimum absolute atomic E-state index is 0.386. The Morgan fingerprint density at radius 3 is 2.07 bits per heavy atom. The van der Waals surface area contributed by atoms with Gasteiger partial charge in [-0.15, -0.1) is 0 Å². The van der Waals surface area contributed by atoms with E-state index in [2.05, 4.69) is 5.32 Å². The molecule has 1 aliphatic carbocycles. The van der Waals surface area contributed by atoms with Gasteiger partial charge in [0.15, 0.2) is 0 Å².